The first-order chi connectivity index (χ1) is 10.5. The lowest BCUT2D eigenvalue weighted by atomic mass is 10.0. The molecule has 0 heterocycles. The topological polar surface area (TPSA) is 58.2 Å². The van der Waals surface area contributed by atoms with Crippen LogP contribution in [0.2, 0.25) is 5.02 Å². The second kappa shape index (κ2) is 7.63. The lowest BCUT2D eigenvalue weighted by Crippen LogP contribution is -2.51. The second-order valence-electron chi connectivity index (χ2n) is 6.19. The zero-order valence-electron chi connectivity index (χ0n) is 13.1. The third kappa shape index (κ3) is 4.47. The monoisotopic (exact) mass is 322 g/mol. The number of halogens is 1. The van der Waals surface area contributed by atoms with Crippen molar-refractivity contribution >= 4 is 23.4 Å². The highest BCUT2D eigenvalue weighted by molar-refractivity contribution is 6.30. The van der Waals surface area contributed by atoms with Crippen LogP contribution in [0, 0.1) is 5.92 Å². The predicted octanol–water partition coefficient (Wildman–Crippen LogP) is 3.15. The molecule has 2 amide bonds. The largest absolute Gasteiger partial charge is 0.352 e. The Bertz CT molecular complexity index is 522. The van der Waals surface area contributed by atoms with Crippen molar-refractivity contribution in [3.05, 3.63) is 34.9 Å². The van der Waals surface area contributed by atoms with Crippen molar-refractivity contribution < 1.29 is 9.59 Å². The number of rotatable bonds is 5. The number of carbonyl (C=O) groups is 2. The summed E-state index contributed by atoms with van der Waals surface area (Å²) in [5, 5.41) is 6.46. The highest BCUT2D eigenvalue weighted by atomic mass is 35.5. The molecule has 2 rings (SSSR count). The number of carbonyl (C=O) groups excluding carboxylic acids is 2. The molecular formula is C17H23ClN2O2. The van der Waals surface area contributed by atoms with Crippen LogP contribution in [0.5, 0.6) is 0 Å². The highest BCUT2D eigenvalue weighted by Gasteiger charge is 2.27. The van der Waals surface area contributed by atoms with Crippen molar-refractivity contribution in [3.8, 4) is 0 Å². The van der Waals surface area contributed by atoms with Crippen LogP contribution < -0.4 is 10.6 Å². The van der Waals surface area contributed by atoms with Gasteiger partial charge in [0.1, 0.15) is 6.04 Å². The minimum atomic E-state index is -0.524. The van der Waals surface area contributed by atoms with Crippen LogP contribution in [0.15, 0.2) is 24.3 Å². The average molecular weight is 323 g/mol. The summed E-state index contributed by atoms with van der Waals surface area (Å²) in [5.41, 5.74) is 0.503. The Morgan fingerprint density at radius 3 is 2.27 bits per heavy atom. The Morgan fingerprint density at radius 1 is 1.14 bits per heavy atom. The van der Waals surface area contributed by atoms with Crippen LogP contribution in [0.25, 0.3) is 0 Å². The number of hydrogen-bond donors (Lipinski definition) is 2. The summed E-state index contributed by atoms with van der Waals surface area (Å²) >= 11 is 5.82. The van der Waals surface area contributed by atoms with E-state index in [4.69, 9.17) is 11.6 Å². The Labute approximate surface area is 136 Å². The Hall–Kier alpha value is -1.55. The van der Waals surface area contributed by atoms with Gasteiger partial charge in [0.05, 0.1) is 0 Å². The zero-order valence-corrected chi connectivity index (χ0v) is 13.8. The number of hydrogen-bond acceptors (Lipinski definition) is 2. The Morgan fingerprint density at radius 2 is 1.73 bits per heavy atom. The maximum absolute atomic E-state index is 12.4. The van der Waals surface area contributed by atoms with Crippen molar-refractivity contribution in [2.24, 2.45) is 5.92 Å². The van der Waals surface area contributed by atoms with Crippen molar-refractivity contribution in [2.45, 2.75) is 51.6 Å². The van der Waals surface area contributed by atoms with Gasteiger partial charge in [-0.25, -0.2) is 0 Å². The fraction of sp³-hybridized carbons (Fsp3) is 0.529. The van der Waals surface area contributed by atoms with E-state index in [1.54, 1.807) is 24.3 Å². The van der Waals surface area contributed by atoms with E-state index in [1.807, 2.05) is 13.8 Å². The van der Waals surface area contributed by atoms with E-state index < -0.39 is 6.04 Å². The third-order valence-corrected chi connectivity index (χ3v) is 4.30. The van der Waals surface area contributed by atoms with Crippen molar-refractivity contribution in [1.82, 2.24) is 10.6 Å². The van der Waals surface area contributed by atoms with Gasteiger partial charge in [-0.05, 0) is 43.0 Å². The molecule has 0 aromatic heterocycles. The summed E-state index contributed by atoms with van der Waals surface area (Å²) < 4.78 is 0. The summed E-state index contributed by atoms with van der Waals surface area (Å²) in [5.74, 6) is -0.321. The van der Waals surface area contributed by atoms with Gasteiger partial charge >= 0.3 is 0 Å². The van der Waals surface area contributed by atoms with E-state index in [9.17, 15) is 9.59 Å². The van der Waals surface area contributed by atoms with Gasteiger partial charge in [-0.15, -0.1) is 0 Å². The number of benzene rings is 1. The zero-order chi connectivity index (χ0) is 16.1. The van der Waals surface area contributed by atoms with E-state index >= 15 is 0 Å². The summed E-state index contributed by atoms with van der Waals surface area (Å²) in [6, 6.07) is 6.37. The molecule has 0 bridgehead atoms. The van der Waals surface area contributed by atoms with Crippen molar-refractivity contribution in [2.75, 3.05) is 0 Å². The van der Waals surface area contributed by atoms with Crippen LogP contribution in [0.3, 0.4) is 0 Å². The fourth-order valence-corrected chi connectivity index (χ4v) is 2.85. The van der Waals surface area contributed by atoms with Gasteiger partial charge < -0.3 is 10.6 Å². The first-order valence-corrected chi connectivity index (χ1v) is 8.22. The summed E-state index contributed by atoms with van der Waals surface area (Å²) in [4.78, 5) is 24.7. The van der Waals surface area contributed by atoms with Crippen LogP contribution in [-0.2, 0) is 4.79 Å². The third-order valence-electron chi connectivity index (χ3n) is 4.04. The van der Waals surface area contributed by atoms with Crippen LogP contribution in [-0.4, -0.2) is 23.9 Å². The van der Waals surface area contributed by atoms with Crippen molar-refractivity contribution in [1.29, 1.82) is 0 Å². The number of nitrogens with one attached hydrogen (secondary N) is 2. The second-order valence-corrected chi connectivity index (χ2v) is 6.63. The molecule has 1 unspecified atom stereocenters. The molecule has 1 saturated carbocycles. The van der Waals surface area contributed by atoms with E-state index in [0.717, 1.165) is 25.7 Å². The van der Waals surface area contributed by atoms with Crippen LogP contribution in [0.1, 0.15) is 49.9 Å². The van der Waals surface area contributed by atoms with E-state index in [2.05, 4.69) is 10.6 Å². The summed E-state index contributed by atoms with van der Waals surface area (Å²) in [6.07, 6.45) is 4.38. The molecule has 4 nitrogen and oxygen atoms in total. The molecule has 1 atom stereocenters. The van der Waals surface area contributed by atoms with E-state index in [-0.39, 0.29) is 23.8 Å². The summed E-state index contributed by atoms with van der Waals surface area (Å²) in [6.45, 7) is 3.86. The summed E-state index contributed by atoms with van der Waals surface area (Å²) in [7, 11) is 0. The minimum absolute atomic E-state index is 0.0256. The normalized spacial score (nSPS) is 16.5. The smallest absolute Gasteiger partial charge is 0.251 e. The molecular weight excluding hydrogens is 300 g/mol. The molecule has 5 heteroatoms. The van der Waals surface area contributed by atoms with Gasteiger partial charge in [-0.2, -0.15) is 0 Å². The molecule has 1 aliphatic rings. The van der Waals surface area contributed by atoms with Crippen molar-refractivity contribution in [3.63, 3.8) is 0 Å². The lowest BCUT2D eigenvalue weighted by molar-refractivity contribution is -0.124. The molecule has 0 aliphatic heterocycles. The molecule has 1 aromatic rings. The first-order valence-electron chi connectivity index (χ1n) is 7.84. The van der Waals surface area contributed by atoms with Gasteiger partial charge in [0.15, 0.2) is 0 Å². The SMILES string of the molecule is CC(C)C(NC(=O)c1ccc(Cl)cc1)C(=O)NC1CCCC1. The molecule has 1 fully saturated rings. The molecule has 0 spiro atoms. The Balaban J connectivity index is 1.99. The quantitative estimate of drug-likeness (QED) is 0.875. The molecule has 1 aliphatic carbocycles. The molecule has 0 radical (unpaired) electrons. The predicted molar refractivity (Wildman–Crippen MR) is 87.9 cm³/mol. The van der Waals surface area contributed by atoms with Gasteiger partial charge in [-0.3, -0.25) is 9.59 Å². The molecule has 120 valence electrons. The maximum atomic E-state index is 12.4. The maximum Gasteiger partial charge on any atom is 0.251 e. The van der Waals surface area contributed by atoms with Gasteiger partial charge in [0.25, 0.3) is 5.91 Å². The average Bonchev–Trinajstić information content (AvgIpc) is 2.97. The highest BCUT2D eigenvalue weighted by Crippen LogP contribution is 2.18. The number of amides is 2. The minimum Gasteiger partial charge on any atom is -0.352 e. The van der Waals surface area contributed by atoms with Gasteiger partial charge in [-0.1, -0.05) is 38.3 Å². The van der Waals surface area contributed by atoms with Gasteiger partial charge in [0.2, 0.25) is 5.91 Å². The molecule has 1 aromatic carbocycles. The standard InChI is InChI=1S/C17H23ClN2O2/c1-11(2)15(17(22)19-14-5-3-4-6-14)20-16(21)12-7-9-13(18)10-8-12/h7-11,14-15H,3-6H2,1-2H3,(H,19,22)(H,20,21). The molecule has 22 heavy (non-hydrogen) atoms. The van der Waals surface area contributed by atoms with E-state index in [0.29, 0.717) is 10.6 Å². The first kappa shape index (κ1) is 16.8. The molecule has 0 saturated heterocycles. The Kier molecular flexibility index (Phi) is 5.83. The molecule has 2 N–H and O–H groups in total. The van der Waals surface area contributed by atoms with Crippen LogP contribution in [0.4, 0.5) is 0 Å². The lowest BCUT2D eigenvalue weighted by Gasteiger charge is -2.24. The fourth-order valence-electron chi connectivity index (χ4n) is 2.72. The van der Waals surface area contributed by atoms with Gasteiger partial charge in [0, 0.05) is 16.6 Å². The van der Waals surface area contributed by atoms with E-state index in [1.165, 1.54) is 0 Å². The van der Waals surface area contributed by atoms with Crippen LogP contribution >= 0.6 is 11.6 Å².